The number of hydrogen-bond acceptors (Lipinski definition) is 1. The van der Waals surface area contributed by atoms with Gasteiger partial charge in [0.05, 0.1) is 11.4 Å². The van der Waals surface area contributed by atoms with Crippen molar-refractivity contribution in [3.63, 3.8) is 0 Å². The molecule has 0 aliphatic carbocycles. The molecule has 1 nitrogen and oxygen atoms in total. The number of hydrogen-bond donors (Lipinski definition) is 0. The molecule has 0 fully saturated rings. The third kappa shape index (κ3) is 2.80. The maximum absolute atomic E-state index is 6.05. The molecule has 0 N–H and O–H groups in total. The SMILES string of the molecule is Clc1cccc(C(Br)c2ccc3c(c2)CCCO3)c1. The van der Waals surface area contributed by atoms with Crippen molar-refractivity contribution in [2.75, 3.05) is 6.61 Å². The number of ether oxygens (including phenoxy) is 1. The van der Waals surface area contributed by atoms with Crippen LogP contribution in [0.25, 0.3) is 0 Å². The Bertz CT molecular complexity index is 597. The summed E-state index contributed by atoms with van der Waals surface area (Å²) in [5.74, 6) is 1.03. The summed E-state index contributed by atoms with van der Waals surface area (Å²) in [6, 6.07) is 14.4. The first-order valence-electron chi connectivity index (χ1n) is 6.39. The van der Waals surface area contributed by atoms with Gasteiger partial charge in [0.15, 0.2) is 0 Å². The highest BCUT2D eigenvalue weighted by molar-refractivity contribution is 9.09. The highest BCUT2D eigenvalue weighted by Crippen LogP contribution is 2.35. The molecule has 3 heteroatoms. The molecule has 1 aliphatic rings. The summed E-state index contributed by atoms with van der Waals surface area (Å²) >= 11 is 9.81. The molecule has 1 aliphatic heterocycles. The van der Waals surface area contributed by atoms with E-state index in [-0.39, 0.29) is 4.83 Å². The third-order valence-electron chi connectivity index (χ3n) is 3.37. The second-order valence-electron chi connectivity index (χ2n) is 4.74. The molecule has 0 bridgehead atoms. The lowest BCUT2D eigenvalue weighted by atomic mass is 9.99. The average Bonchev–Trinajstić information content (AvgIpc) is 2.46. The molecule has 2 aromatic carbocycles. The van der Waals surface area contributed by atoms with Gasteiger partial charge in [-0.2, -0.15) is 0 Å². The Morgan fingerprint density at radius 3 is 2.79 bits per heavy atom. The molecule has 0 radical (unpaired) electrons. The molecule has 98 valence electrons. The molecule has 0 spiro atoms. The van der Waals surface area contributed by atoms with Crippen LogP contribution in [0.5, 0.6) is 5.75 Å². The standard InChI is InChI=1S/C16H14BrClO/c17-16(12-3-1-5-14(18)10-12)13-6-7-15-11(9-13)4-2-8-19-15/h1,3,5-7,9-10,16H,2,4,8H2. The van der Waals surface area contributed by atoms with E-state index in [0.717, 1.165) is 30.2 Å². The van der Waals surface area contributed by atoms with E-state index in [9.17, 15) is 0 Å². The first-order chi connectivity index (χ1) is 9.24. The number of benzene rings is 2. The minimum absolute atomic E-state index is 0.165. The summed E-state index contributed by atoms with van der Waals surface area (Å²) in [4.78, 5) is 0.165. The smallest absolute Gasteiger partial charge is 0.122 e. The predicted molar refractivity (Wildman–Crippen MR) is 82.5 cm³/mol. The van der Waals surface area contributed by atoms with Crippen LogP contribution >= 0.6 is 27.5 Å². The van der Waals surface area contributed by atoms with E-state index in [1.165, 1.54) is 16.7 Å². The zero-order valence-corrected chi connectivity index (χ0v) is 12.7. The topological polar surface area (TPSA) is 9.23 Å². The van der Waals surface area contributed by atoms with Gasteiger partial charge in [-0.3, -0.25) is 0 Å². The van der Waals surface area contributed by atoms with Gasteiger partial charge < -0.3 is 4.74 Å². The van der Waals surface area contributed by atoms with Crippen LogP contribution in [0.15, 0.2) is 42.5 Å². The molecule has 1 heterocycles. The summed E-state index contributed by atoms with van der Waals surface area (Å²) in [7, 11) is 0. The van der Waals surface area contributed by atoms with Gasteiger partial charge in [-0.15, -0.1) is 0 Å². The fourth-order valence-electron chi connectivity index (χ4n) is 2.39. The van der Waals surface area contributed by atoms with Gasteiger partial charge in [0, 0.05) is 5.02 Å². The second kappa shape index (κ2) is 5.56. The molecule has 1 unspecified atom stereocenters. The zero-order valence-electron chi connectivity index (χ0n) is 10.4. The van der Waals surface area contributed by atoms with Crippen LogP contribution in [0.2, 0.25) is 5.02 Å². The Morgan fingerprint density at radius 2 is 1.95 bits per heavy atom. The lowest BCUT2D eigenvalue weighted by Gasteiger charge is -2.19. The molecular formula is C16H14BrClO. The van der Waals surface area contributed by atoms with Gasteiger partial charge in [0.1, 0.15) is 5.75 Å². The van der Waals surface area contributed by atoms with Gasteiger partial charge in [0.25, 0.3) is 0 Å². The fourth-order valence-corrected chi connectivity index (χ4v) is 3.16. The summed E-state index contributed by atoms with van der Waals surface area (Å²) in [6.45, 7) is 0.832. The number of alkyl halides is 1. The molecule has 0 aromatic heterocycles. The van der Waals surface area contributed by atoms with E-state index in [1.54, 1.807) is 0 Å². The van der Waals surface area contributed by atoms with Gasteiger partial charge in [-0.1, -0.05) is 51.8 Å². The van der Waals surface area contributed by atoms with Crippen LogP contribution in [0, 0.1) is 0 Å². The van der Waals surface area contributed by atoms with Gasteiger partial charge in [-0.05, 0) is 47.7 Å². The molecule has 1 atom stereocenters. The van der Waals surface area contributed by atoms with Gasteiger partial charge in [0.2, 0.25) is 0 Å². The summed E-state index contributed by atoms with van der Waals surface area (Å²) < 4.78 is 5.65. The maximum Gasteiger partial charge on any atom is 0.122 e. The molecular weight excluding hydrogens is 324 g/mol. The molecule has 19 heavy (non-hydrogen) atoms. The number of aryl methyl sites for hydroxylation is 1. The number of halogens is 2. The van der Waals surface area contributed by atoms with Crippen LogP contribution in [-0.4, -0.2) is 6.61 Å². The summed E-state index contributed by atoms with van der Waals surface area (Å²) in [6.07, 6.45) is 2.19. The van der Waals surface area contributed by atoms with Crippen LogP contribution in [0.1, 0.15) is 27.9 Å². The Morgan fingerprint density at radius 1 is 1.11 bits per heavy atom. The largest absolute Gasteiger partial charge is 0.493 e. The number of rotatable bonds is 2. The van der Waals surface area contributed by atoms with Gasteiger partial charge >= 0.3 is 0 Å². The Hall–Kier alpha value is -0.990. The van der Waals surface area contributed by atoms with Crippen LogP contribution in [0.4, 0.5) is 0 Å². The van der Waals surface area contributed by atoms with E-state index >= 15 is 0 Å². The van der Waals surface area contributed by atoms with E-state index in [2.05, 4.69) is 40.2 Å². The Balaban J connectivity index is 1.93. The molecule has 2 aromatic rings. The van der Waals surface area contributed by atoms with E-state index in [1.807, 2.05) is 18.2 Å². The van der Waals surface area contributed by atoms with Crippen molar-refractivity contribution in [3.8, 4) is 5.75 Å². The third-order valence-corrected chi connectivity index (χ3v) is 4.66. The van der Waals surface area contributed by atoms with Crippen molar-refractivity contribution < 1.29 is 4.74 Å². The monoisotopic (exact) mass is 336 g/mol. The molecule has 3 rings (SSSR count). The maximum atomic E-state index is 6.05. The van der Waals surface area contributed by atoms with Crippen molar-refractivity contribution in [2.24, 2.45) is 0 Å². The molecule has 0 saturated carbocycles. The summed E-state index contributed by atoms with van der Waals surface area (Å²) in [5.41, 5.74) is 3.71. The Labute approximate surface area is 126 Å². The van der Waals surface area contributed by atoms with Crippen molar-refractivity contribution in [1.82, 2.24) is 0 Å². The van der Waals surface area contributed by atoms with Crippen LogP contribution < -0.4 is 4.74 Å². The molecule has 0 saturated heterocycles. The first kappa shape index (κ1) is 13.0. The highest BCUT2D eigenvalue weighted by Gasteiger charge is 2.15. The van der Waals surface area contributed by atoms with Crippen molar-refractivity contribution >= 4 is 27.5 Å². The minimum Gasteiger partial charge on any atom is -0.493 e. The van der Waals surface area contributed by atoms with Crippen molar-refractivity contribution in [1.29, 1.82) is 0 Å². The normalized spacial score (nSPS) is 15.5. The van der Waals surface area contributed by atoms with Crippen LogP contribution in [0.3, 0.4) is 0 Å². The van der Waals surface area contributed by atoms with Crippen LogP contribution in [-0.2, 0) is 6.42 Å². The Kier molecular flexibility index (Phi) is 3.81. The lowest BCUT2D eigenvalue weighted by Crippen LogP contribution is -2.08. The summed E-state index contributed by atoms with van der Waals surface area (Å²) in [5, 5.41) is 0.767. The molecule has 0 amide bonds. The second-order valence-corrected chi connectivity index (χ2v) is 6.09. The zero-order chi connectivity index (χ0) is 13.2. The van der Waals surface area contributed by atoms with Crippen molar-refractivity contribution in [2.45, 2.75) is 17.7 Å². The first-order valence-corrected chi connectivity index (χ1v) is 7.68. The quantitative estimate of drug-likeness (QED) is 0.689. The van der Waals surface area contributed by atoms with E-state index in [0.29, 0.717) is 0 Å². The number of fused-ring (bicyclic) bond motifs is 1. The highest BCUT2D eigenvalue weighted by atomic mass is 79.9. The van der Waals surface area contributed by atoms with Gasteiger partial charge in [-0.25, -0.2) is 0 Å². The predicted octanol–water partition coefficient (Wildman–Crippen LogP) is 5.15. The minimum atomic E-state index is 0.165. The lowest BCUT2D eigenvalue weighted by molar-refractivity contribution is 0.288. The van der Waals surface area contributed by atoms with E-state index < -0.39 is 0 Å². The van der Waals surface area contributed by atoms with Crippen molar-refractivity contribution in [3.05, 3.63) is 64.2 Å². The van der Waals surface area contributed by atoms with E-state index in [4.69, 9.17) is 16.3 Å². The fraction of sp³-hybridized carbons (Fsp3) is 0.250. The average molecular weight is 338 g/mol.